The van der Waals surface area contributed by atoms with E-state index in [1.165, 1.54) is 0 Å². The van der Waals surface area contributed by atoms with Gasteiger partial charge in [0.05, 0.1) is 10.6 Å². The van der Waals surface area contributed by atoms with Crippen LogP contribution < -0.4 is 5.32 Å². The minimum absolute atomic E-state index is 0.168. The van der Waals surface area contributed by atoms with E-state index in [0.717, 1.165) is 17.7 Å². The largest absolute Gasteiger partial charge is 0.352 e. The smallest absolute Gasteiger partial charge is 0.252 e. The molecule has 3 aromatic rings. The summed E-state index contributed by atoms with van der Waals surface area (Å²) in [7, 11) is 0. The van der Waals surface area contributed by atoms with E-state index in [1.807, 2.05) is 47.3 Å². The van der Waals surface area contributed by atoms with Crippen molar-refractivity contribution in [2.45, 2.75) is 6.42 Å². The molecule has 0 saturated heterocycles. The van der Waals surface area contributed by atoms with Gasteiger partial charge in [0.25, 0.3) is 5.91 Å². The lowest BCUT2D eigenvalue weighted by Crippen LogP contribution is -2.26. The Kier molecular flexibility index (Phi) is 4.74. The van der Waals surface area contributed by atoms with Gasteiger partial charge in [0.1, 0.15) is 0 Å². The van der Waals surface area contributed by atoms with E-state index >= 15 is 0 Å². The molecule has 0 fully saturated rings. The Morgan fingerprint density at radius 1 is 1.13 bits per heavy atom. The molecule has 5 heteroatoms. The zero-order chi connectivity index (χ0) is 16.1. The first-order valence-electron chi connectivity index (χ1n) is 7.34. The number of carbonyl (C=O) groups excluding carboxylic acids is 1. The molecule has 0 aliphatic rings. The van der Waals surface area contributed by atoms with Crippen molar-refractivity contribution in [1.29, 1.82) is 0 Å². The SMILES string of the molecule is O=C(NCCc1ccncc1)c1cc(-n2cccc2)ccc1Cl. The third-order valence-corrected chi connectivity index (χ3v) is 3.88. The molecule has 1 aromatic carbocycles. The lowest BCUT2D eigenvalue weighted by atomic mass is 10.1. The molecule has 2 aromatic heterocycles. The lowest BCUT2D eigenvalue weighted by molar-refractivity contribution is 0.0954. The van der Waals surface area contributed by atoms with E-state index in [2.05, 4.69) is 10.3 Å². The zero-order valence-corrected chi connectivity index (χ0v) is 13.2. The highest BCUT2D eigenvalue weighted by atomic mass is 35.5. The summed E-state index contributed by atoms with van der Waals surface area (Å²) in [5.41, 5.74) is 2.51. The van der Waals surface area contributed by atoms with Crippen LogP contribution in [0.4, 0.5) is 0 Å². The van der Waals surface area contributed by atoms with Crippen LogP contribution in [0.25, 0.3) is 5.69 Å². The molecule has 0 unspecified atom stereocenters. The Balaban J connectivity index is 1.68. The molecule has 116 valence electrons. The monoisotopic (exact) mass is 325 g/mol. The Labute approximate surface area is 139 Å². The van der Waals surface area contributed by atoms with Crippen molar-refractivity contribution in [2.24, 2.45) is 0 Å². The van der Waals surface area contributed by atoms with E-state index in [9.17, 15) is 4.79 Å². The van der Waals surface area contributed by atoms with Crippen molar-refractivity contribution in [3.05, 3.63) is 83.4 Å². The van der Waals surface area contributed by atoms with Crippen LogP contribution in [0.2, 0.25) is 5.02 Å². The number of benzene rings is 1. The molecule has 2 heterocycles. The number of nitrogens with one attached hydrogen (secondary N) is 1. The predicted octanol–water partition coefficient (Wildman–Crippen LogP) is 3.50. The molecular formula is C18H16ClN3O. The van der Waals surface area contributed by atoms with Crippen molar-refractivity contribution in [1.82, 2.24) is 14.9 Å². The summed E-state index contributed by atoms with van der Waals surface area (Å²) in [6.45, 7) is 0.549. The summed E-state index contributed by atoms with van der Waals surface area (Å²) in [5, 5.41) is 3.35. The van der Waals surface area contributed by atoms with Crippen molar-refractivity contribution < 1.29 is 4.79 Å². The lowest BCUT2D eigenvalue weighted by Gasteiger charge is -2.10. The fourth-order valence-electron chi connectivity index (χ4n) is 2.32. The Hall–Kier alpha value is -2.59. The average Bonchev–Trinajstić information content (AvgIpc) is 3.10. The molecule has 0 aliphatic carbocycles. The Morgan fingerprint density at radius 3 is 2.61 bits per heavy atom. The number of carbonyl (C=O) groups is 1. The number of nitrogens with zero attached hydrogens (tertiary/aromatic N) is 2. The molecular weight excluding hydrogens is 310 g/mol. The first kappa shape index (κ1) is 15.3. The minimum Gasteiger partial charge on any atom is -0.352 e. The predicted molar refractivity (Wildman–Crippen MR) is 91.1 cm³/mol. The van der Waals surface area contributed by atoms with Crippen LogP contribution in [-0.2, 0) is 6.42 Å². The summed E-state index contributed by atoms with van der Waals surface area (Å²) in [6.07, 6.45) is 8.09. The number of aromatic nitrogens is 2. The van der Waals surface area contributed by atoms with Gasteiger partial charge in [-0.3, -0.25) is 9.78 Å². The van der Waals surface area contributed by atoms with Crippen LogP contribution in [-0.4, -0.2) is 22.0 Å². The summed E-state index contributed by atoms with van der Waals surface area (Å²) in [4.78, 5) is 16.3. The second-order valence-corrected chi connectivity index (χ2v) is 5.52. The number of halogens is 1. The molecule has 0 radical (unpaired) electrons. The van der Waals surface area contributed by atoms with Gasteiger partial charge < -0.3 is 9.88 Å². The quantitative estimate of drug-likeness (QED) is 0.780. The van der Waals surface area contributed by atoms with Crippen molar-refractivity contribution >= 4 is 17.5 Å². The number of pyridine rings is 1. The topological polar surface area (TPSA) is 46.9 Å². The molecule has 0 aliphatic heterocycles. The summed E-state index contributed by atoms with van der Waals surface area (Å²) < 4.78 is 1.93. The highest BCUT2D eigenvalue weighted by Crippen LogP contribution is 2.20. The third-order valence-electron chi connectivity index (χ3n) is 3.55. The maximum Gasteiger partial charge on any atom is 0.252 e. The van der Waals surface area contributed by atoms with Crippen molar-refractivity contribution in [3.63, 3.8) is 0 Å². The molecule has 23 heavy (non-hydrogen) atoms. The van der Waals surface area contributed by atoms with Gasteiger partial charge >= 0.3 is 0 Å². The Morgan fingerprint density at radius 2 is 1.87 bits per heavy atom. The van der Waals surface area contributed by atoms with Crippen LogP contribution in [0.1, 0.15) is 15.9 Å². The van der Waals surface area contributed by atoms with E-state index in [4.69, 9.17) is 11.6 Å². The van der Waals surface area contributed by atoms with Gasteiger partial charge in [-0.05, 0) is 54.4 Å². The van der Waals surface area contributed by atoms with Crippen LogP contribution in [0.15, 0.2) is 67.3 Å². The van der Waals surface area contributed by atoms with Gasteiger partial charge in [0.2, 0.25) is 0 Å². The summed E-state index contributed by atoms with van der Waals surface area (Å²) in [6, 6.07) is 13.2. The molecule has 1 N–H and O–H groups in total. The fourth-order valence-corrected chi connectivity index (χ4v) is 2.52. The minimum atomic E-state index is -0.168. The maximum atomic E-state index is 12.4. The van der Waals surface area contributed by atoms with Crippen molar-refractivity contribution in [2.75, 3.05) is 6.54 Å². The zero-order valence-electron chi connectivity index (χ0n) is 12.4. The number of rotatable bonds is 5. The number of amides is 1. The van der Waals surface area contributed by atoms with E-state index < -0.39 is 0 Å². The van der Waals surface area contributed by atoms with Crippen molar-refractivity contribution in [3.8, 4) is 5.69 Å². The van der Waals surface area contributed by atoms with Crippen LogP contribution in [0.3, 0.4) is 0 Å². The van der Waals surface area contributed by atoms with Gasteiger partial charge in [-0.2, -0.15) is 0 Å². The normalized spacial score (nSPS) is 10.5. The maximum absolute atomic E-state index is 12.4. The standard InChI is InChI=1S/C18H16ClN3O/c19-17-4-3-15(22-11-1-2-12-22)13-16(17)18(23)21-10-7-14-5-8-20-9-6-14/h1-6,8-9,11-13H,7,10H2,(H,21,23). The molecule has 0 atom stereocenters. The second kappa shape index (κ2) is 7.11. The van der Waals surface area contributed by atoms with E-state index in [-0.39, 0.29) is 5.91 Å². The van der Waals surface area contributed by atoms with Gasteiger partial charge in [-0.1, -0.05) is 11.6 Å². The van der Waals surface area contributed by atoms with Gasteiger partial charge in [0, 0.05) is 37.0 Å². The van der Waals surface area contributed by atoms with Gasteiger partial charge in [0.15, 0.2) is 0 Å². The summed E-state index contributed by atoms with van der Waals surface area (Å²) >= 11 is 6.17. The van der Waals surface area contributed by atoms with E-state index in [1.54, 1.807) is 24.5 Å². The molecule has 0 saturated carbocycles. The Bertz CT molecular complexity index is 785. The molecule has 1 amide bonds. The molecule has 0 bridgehead atoms. The van der Waals surface area contributed by atoms with E-state index in [0.29, 0.717) is 17.1 Å². The fraction of sp³-hybridized carbons (Fsp3) is 0.111. The molecule has 0 spiro atoms. The molecule has 4 nitrogen and oxygen atoms in total. The number of hydrogen-bond acceptors (Lipinski definition) is 2. The summed E-state index contributed by atoms with van der Waals surface area (Å²) in [5.74, 6) is -0.168. The highest BCUT2D eigenvalue weighted by Gasteiger charge is 2.11. The average molecular weight is 326 g/mol. The first-order valence-corrected chi connectivity index (χ1v) is 7.72. The first-order chi connectivity index (χ1) is 11.2. The second-order valence-electron chi connectivity index (χ2n) is 5.12. The van der Waals surface area contributed by atoms with Crippen LogP contribution in [0.5, 0.6) is 0 Å². The third kappa shape index (κ3) is 3.79. The van der Waals surface area contributed by atoms with Crippen LogP contribution >= 0.6 is 11.6 Å². The highest BCUT2D eigenvalue weighted by molar-refractivity contribution is 6.33. The van der Waals surface area contributed by atoms with Crippen LogP contribution in [0, 0.1) is 0 Å². The van der Waals surface area contributed by atoms with Gasteiger partial charge in [-0.15, -0.1) is 0 Å². The number of hydrogen-bond donors (Lipinski definition) is 1. The van der Waals surface area contributed by atoms with Gasteiger partial charge in [-0.25, -0.2) is 0 Å². The molecule has 3 rings (SSSR count).